The Kier molecular flexibility index (Phi) is 4.54. The van der Waals surface area contributed by atoms with Crippen LogP contribution in [-0.2, 0) is 9.59 Å². The number of aliphatic carboxylic acids is 1. The van der Waals surface area contributed by atoms with E-state index < -0.39 is 11.4 Å². The lowest BCUT2D eigenvalue weighted by Crippen LogP contribution is -2.53. The van der Waals surface area contributed by atoms with E-state index in [1.165, 1.54) is 0 Å². The van der Waals surface area contributed by atoms with Crippen LogP contribution in [0.5, 0.6) is 0 Å². The Hall–Kier alpha value is -1.32. The molecule has 18 heavy (non-hydrogen) atoms. The van der Waals surface area contributed by atoms with Gasteiger partial charge in [0.1, 0.15) is 0 Å². The van der Waals surface area contributed by atoms with Crippen molar-refractivity contribution >= 4 is 11.9 Å². The molecule has 1 aliphatic carbocycles. The molecule has 0 radical (unpaired) electrons. The van der Waals surface area contributed by atoms with E-state index in [1.807, 2.05) is 26.0 Å². The Labute approximate surface area is 108 Å². The normalized spacial score (nSPS) is 18.1. The first-order valence-corrected chi connectivity index (χ1v) is 6.45. The Balaban J connectivity index is 2.74. The van der Waals surface area contributed by atoms with Gasteiger partial charge in [-0.25, -0.2) is 0 Å². The molecule has 102 valence electrons. The van der Waals surface area contributed by atoms with Crippen LogP contribution in [0.25, 0.3) is 0 Å². The number of hydrogen-bond donors (Lipinski definition) is 2. The highest BCUT2D eigenvalue weighted by Gasteiger charge is 2.40. The van der Waals surface area contributed by atoms with Crippen LogP contribution >= 0.6 is 0 Å². The fourth-order valence-corrected chi connectivity index (χ4v) is 2.42. The smallest absolute Gasteiger partial charge is 0.311 e. The Morgan fingerprint density at radius 3 is 2.17 bits per heavy atom. The molecule has 0 aromatic carbocycles. The van der Waals surface area contributed by atoms with E-state index in [9.17, 15) is 14.7 Å². The lowest BCUT2D eigenvalue weighted by Gasteiger charge is -2.35. The van der Waals surface area contributed by atoms with Gasteiger partial charge in [-0.05, 0) is 32.6 Å². The second-order valence-corrected chi connectivity index (χ2v) is 5.90. The quantitative estimate of drug-likeness (QED) is 0.738. The number of carboxylic acids is 1. The van der Waals surface area contributed by atoms with E-state index in [0.29, 0.717) is 0 Å². The van der Waals surface area contributed by atoms with Gasteiger partial charge in [-0.2, -0.15) is 0 Å². The van der Waals surface area contributed by atoms with Gasteiger partial charge in [0.05, 0.1) is 5.41 Å². The fourth-order valence-electron chi connectivity index (χ4n) is 2.42. The van der Waals surface area contributed by atoms with Crippen LogP contribution in [0.4, 0.5) is 0 Å². The standard InChI is InChI=1S/C14H23NO3/c1-9(2)11(14(3,4)13(17)18)15-12(16)10-7-5-6-8-10/h5-6,9-11H,7-8H2,1-4H3,(H,15,16)(H,17,18). The molecule has 0 aliphatic heterocycles. The number of carbonyl (C=O) groups excluding carboxylic acids is 1. The zero-order valence-corrected chi connectivity index (χ0v) is 11.6. The van der Waals surface area contributed by atoms with E-state index in [4.69, 9.17) is 0 Å². The summed E-state index contributed by atoms with van der Waals surface area (Å²) < 4.78 is 0. The highest BCUT2D eigenvalue weighted by atomic mass is 16.4. The first kappa shape index (κ1) is 14.7. The van der Waals surface area contributed by atoms with Gasteiger partial charge >= 0.3 is 5.97 Å². The first-order valence-electron chi connectivity index (χ1n) is 6.45. The van der Waals surface area contributed by atoms with Crippen molar-refractivity contribution in [2.45, 2.75) is 46.6 Å². The maximum absolute atomic E-state index is 12.1. The van der Waals surface area contributed by atoms with Crippen molar-refractivity contribution in [3.05, 3.63) is 12.2 Å². The van der Waals surface area contributed by atoms with Gasteiger partial charge in [0.25, 0.3) is 0 Å². The van der Waals surface area contributed by atoms with Crippen LogP contribution in [-0.4, -0.2) is 23.0 Å². The Morgan fingerprint density at radius 1 is 1.28 bits per heavy atom. The average Bonchev–Trinajstić information content (AvgIpc) is 2.77. The van der Waals surface area contributed by atoms with Crippen LogP contribution in [0.15, 0.2) is 12.2 Å². The number of allylic oxidation sites excluding steroid dienone is 2. The molecule has 4 nitrogen and oxygen atoms in total. The number of hydrogen-bond acceptors (Lipinski definition) is 2. The second kappa shape index (κ2) is 5.55. The molecule has 1 unspecified atom stereocenters. The predicted octanol–water partition coefficient (Wildman–Crippen LogP) is 2.20. The van der Waals surface area contributed by atoms with Gasteiger partial charge in [-0.1, -0.05) is 26.0 Å². The van der Waals surface area contributed by atoms with Crippen LogP contribution < -0.4 is 5.32 Å². The van der Waals surface area contributed by atoms with E-state index in [2.05, 4.69) is 5.32 Å². The largest absolute Gasteiger partial charge is 0.481 e. The summed E-state index contributed by atoms with van der Waals surface area (Å²) in [5.74, 6) is -0.871. The Morgan fingerprint density at radius 2 is 1.78 bits per heavy atom. The molecule has 0 fully saturated rings. The highest BCUT2D eigenvalue weighted by molar-refractivity contribution is 5.81. The summed E-state index contributed by atoms with van der Waals surface area (Å²) in [4.78, 5) is 23.4. The molecule has 4 heteroatoms. The zero-order valence-electron chi connectivity index (χ0n) is 11.6. The maximum Gasteiger partial charge on any atom is 0.311 e. The molecule has 1 rings (SSSR count). The lowest BCUT2D eigenvalue weighted by atomic mass is 9.78. The van der Waals surface area contributed by atoms with Crippen molar-refractivity contribution in [1.29, 1.82) is 0 Å². The number of amides is 1. The van der Waals surface area contributed by atoms with Crippen LogP contribution in [0.1, 0.15) is 40.5 Å². The van der Waals surface area contributed by atoms with E-state index in [0.717, 1.165) is 12.8 Å². The third-order valence-electron chi connectivity index (χ3n) is 3.67. The summed E-state index contributed by atoms with van der Waals surface area (Å²) in [5.41, 5.74) is -0.962. The minimum Gasteiger partial charge on any atom is -0.481 e. The topological polar surface area (TPSA) is 66.4 Å². The molecule has 0 spiro atoms. The highest BCUT2D eigenvalue weighted by Crippen LogP contribution is 2.28. The molecule has 0 aromatic heterocycles. The van der Waals surface area contributed by atoms with E-state index in [-0.39, 0.29) is 23.8 Å². The number of nitrogens with one attached hydrogen (secondary N) is 1. The summed E-state index contributed by atoms with van der Waals surface area (Å²) in [6, 6.07) is -0.358. The predicted molar refractivity (Wildman–Crippen MR) is 70.0 cm³/mol. The summed E-state index contributed by atoms with van der Waals surface area (Å²) in [7, 11) is 0. The Bertz CT molecular complexity index is 350. The minimum absolute atomic E-state index is 0.0316. The van der Waals surface area contributed by atoms with Crippen molar-refractivity contribution < 1.29 is 14.7 Å². The van der Waals surface area contributed by atoms with Crippen LogP contribution in [0, 0.1) is 17.3 Å². The molecular formula is C14H23NO3. The molecule has 0 saturated carbocycles. The second-order valence-electron chi connectivity index (χ2n) is 5.90. The molecular weight excluding hydrogens is 230 g/mol. The molecule has 2 N–H and O–H groups in total. The minimum atomic E-state index is -0.962. The fraction of sp³-hybridized carbons (Fsp3) is 0.714. The number of carboxylic acid groups (broad SMARTS) is 1. The van der Waals surface area contributed by atoms with Crippen molar-refractivity contribution in [3.8, 4) is 0 Å². The molecule has 1 amide bonds. The monoisotopic (exact) mass is 253 g/mol. The SMILES string of the molecule is CC(C)C(NC(=O)C1CC=CC1)C(C)(C)C(=O)O. The van der Waals surface area contributed by atoms with Gasteiger partial charge in [0.2, 0.25) is 5.91 Å². The van der Waals surface area contributed by atoms with Gasteiger partial charge in [-0.3, -0.25) is 9.59 Å². The molecule has 0 heterocycles. The third-order valence-corrected chi connectivity index (χ3v) is 3.67. The van der Waals surface area contributed by atoms with Crippen molar-refractivity contribution in [2.75, 3.05) is 0 Å². The molecule has 1 atom stereocenters. The first-order chi connectivity index (χ1) is 8.26. The summed E-state index contributed by atoms with van der Waals surface area (Å²) >= 11 is 0. The summed E-state index contributed by atoms with van der Waals surface area (Å²) in [6.07, 6.45) is 5.50. The van der Waals surface area contributed by atoms with Gasteiger partial charge in [-0.15, -0.1) is 0 Å². The van der Waals surface area contributed by atoms with E-state index >= 15 is 0 Å². The summed E-state index contributed by atoms with van der Waals surface area (Å²) in [6.45, 7) is 7.19. The van der Waals surface area contributed by atoms with Gasteiger partial charge < -0.3 is 10.4 Å². The van der Waals surface area contributed by atoms with Crippen molar-refractivity contribution in [3.63, 3.8) is 0 Å². The third kappa shape index (κ3) is 3.12. The van der Waals surface area contributed by atoms with Crippen molar-refractivity contribution in [1.82, 2.24) is 5.32 Å². The molecule has 1 aliphatic rings. The lowest BCUT2D eigenvalue weighted by molar-refractivity contribution is -0.150. The zero-order chi connectivity index (χ0) is 13.9. The number of carbonyl (C=O) groups is 2. The maximum atomic E-state index is 12.1. The molecule has 0 saturated heterocycles. The van der Waals surface area contributed by atoms with Crippen LogP contribution in [0.3, 0.4) is 0 Å². The molecule has 0 bridgehead atoms. The molecule has 0 aromatic rings. The average molecular weight is 253 g/mol. The van der Waals surface area contributed by atoms with E-state index in [1.54, 1.807) is 13.8 Å². The van der Waals surface area contributed by atoms with Crippen LogP contribution in [0.2, 0.25) is 0 Å². The summed E-state index contributed by atoms with van der Waals surface area (Å²) in [5, 5.41) is 12.2. The van der Waals surface area contributed by atoms with Crippen molar-refractivity contribution in [2.24, 2.45) is 17.3 Å². The van der Waals surface area contributed by atoms with Gasteiger partial charge in [0, 0.05) is 12.0 Å². The number of rotatable bonds is 5. The van der Waals surface area contributed by atoms with Gasteiger partial charge in [0.15, 0.2) is 0 Å².